The van der Waals surface area contributed by atoms with Gasteiger partial charge in [0.05, 0.1) is 6.61 Å². The number of ketones is 1. The number of halogens is 2. The van der Waals surface area contributed by atoms with Gasteiger partial charge in [0.25, 0.3) is 6.43 Å². The lowest BCUT2D eigenvalue weighted by atomic mass is 9.98. The van der Waals surface area contributed by atoms with Crippen LogP contribution in [0.1, 0.15) is 41.8 Å². The Labute approximate surface area is 97.6 Å². The van der Waals surface area contributed by atoms with E-state index in [-0.39, 0.29) is 16.9 Å². The Kier molecular flexibility index (Phi) is 4.16. The van der Waals surface area contributed by atoms with Crippen LogP contribution >= 0.6 is 0 Å². The minimum Gasteiger partial charge on any atom is -0.492 e. The molecule has 0 saturated carbocycles. The third kappa shape index (κ3) is 2.59. The SMILES string of the molecule is CCOc1ccc(C(F)F)c(C(C)=O)c1C#N. The molecule has 0 aliphatic rings. The maximum absolute atomic E-state index is 12.7. The van der Waals surface area contributed by atoms with Crippen LogP contribution in [0.15, 0.2) is 12.1 Å². The van der Waals surface area contributed by atoms with Gasteiger partial charge in [0.1, 0.15) is 17.4 Å². The van der Waals surface area contributed by atoms with E-state index in [1.54, 1.807) is 13.0 Å². The van der Waals surface area contributed by atoms with Crippen molar-refractivity contribution in [2.75, 3.05) is 6.61 Å². The van der Waals surface area contributed by atoms with E-state index in [0.29, 0.717) is 6.61 Å². The van der Waals surface area contributed by atoms with Crippen LogP contribution in [0.3, 0.4) is 0 Å². The summed E-state index contributed by atoms with van der Waals surface area (Å²) in [5.41, 5.74) is -0.817. The van der Waals surface area contributed by atoms with Gasteiger partial charge in [-0.1, -0.05) is 0 Å². The highest BCUT2D eigenvalue weighted by atomic mass is 19.3. The van der Waals surface area contributed by atoms with E-state index in [1.807, 2.05) is 0 Å². The highest BCUT2D eigenvalue weighted by Crippen LogP contribution is 2.31. The molecule has 0 aliphatic heterocycles. The third-order valence-corrected chi connectivity index (χ3v) is 2.20. The molecule has 0 bridgehead atoms. The molecule has 1 aromatic carbocycles. The lowest BCUT2D eigenvalue weighted by molar-refractivity contribution is 0.0998. The number of carbonyl (C=O) groups excluding carboxylic acids is 1. The third-order valence-electron chi connectivity index (χ3n) is 2.20. The lowest BCUT2D eigenvalue weighted by Gasteiger charge is -2.12. The van der Waals surface area contributed by atoms with Crippen LogP contribution < -0.4 is 4.74 Å². The first-order valence-electron chi connectivity index (χ1n) is 5.01. The van der Waals surface area contributed by atoms with Crippen LogP contribution in [-0.2, 0) is 0 Å². The van der Waals surface area contributed by atoms with Crippen LogP contribution in [-0.4, -0.2) is 12.4 Å². The predicted octanol–water partition coefficient (Wildman–Crippen LogP) is 3.10. The zero-order valence-electron chi connectivity index (χ0n) is 9.46. The molecule has 90 valence electrons. The highest BCUT2D eigenvalue weighted by Gasteiger charge is 2.22. The van der Waals surface area contributed by atoms with Gasteiger partial charge in [-0.2, -0.15) is 5.26 Å². The van der Waals surface area contributed by atoms with E-state index < -0.39 is 17.8 Å². The van der Waals surface area contributed by atoms with Gasteiger partial charge in [-0.25, -0.2) is 8.78 Å². The number of benzene rings is 1. The second-order valence-electron chi connectivity index (χ2n) is 3.30. The fraction of sp³-hybridized carbons (Fsp3) is 0.333. The molecule has 17 heavy (non-hydrogen) atoms. The van der Waals surface area contributed by atoms with Gasteiger partial charge in [0.2, 0.25) is 0 Å². The number of carbonyl (C=O) groups is 1. The van der Waals surface area contributed by atoms with Gasteiger partial charge >= 0.3 is 0 Å². The first-order chi connectivity index (χ1) is 8.02. The molecule has 0 aromatic heterocycles. The predicted molar refractivity (Wildman–Crippen MR) is 57.3 cm³/mol. The summed E-state index contributed by atoms with van der Waals surface area (Å²) in [5.74, 6) is -0.414. The molecule has 0 saturated heterocycles. The van der Waals surface area contributed by atoms with E-state index in [1.165, 1.54) is 6.07 Å². The molecule has 1 aromatic rings. The highest BCUT2D eigenvalue weighted by molar-refractivity contribution is 5.99. The van der Waals surface area contributed by atoms with E-state index >= 15 is 0 Å². The van der Waals surface area contributed by atoms with E-state index in [9.17, 15) is 13.6 Å². The van der Waals surface area contributed by atoms with Gasteiger partial charge < -0.3 is 4.74 Å². The average Bonchev–Trinajstić information content (AvgIpc) is 2.28. The zero-order valence-corrected chi connectivity index (χ0v) is 9.46. The number of nitrogens with zero attached hydrogens (tertiary/aromatic N) is 1. The fourth-order valence-corrected chi connectivity index (χ4v) is 1.55. The summed E-state index contributed by atoms with van der Waals surface area (Å²) in [7, 11) is 0. The topological polar surface area (TPSA) is 50.1 Å². The number of ether oxygens (including phenoxy) is 1. The number of alkyl halides is 2. The quantitative estimate of drug-likeness (QED) is 0.758. The molecule has 0 fully saturated rings. The molecule has 0 radical (unpaired) electrons. The van der Waals surface area contributed by atoms with Gasteiger partial charge in [0.15, 0.2) is 5.78 Å². The molecule has 5 heteroatoms. The molecule has 0 heterocycles. The molecule has 0 atom stereocenters. The van der Waals surface area contributed by atoms with Gasteiger partial charge in [-0.3, -0.25) is 4.79 Å². The summed E-state index contributed by atoms with van der Waals surface area (Å²) in [4.78, 5) is 11.4. The second-order valence-corrected chi connectivity index (χ2v) is 3.30. The van der Waals surface area contributed by atoms with E-state index in [4.69, 9.17) is 10.00 Å². The monoisotopic (exact) mass is 239 g/mol. The van der Waals surface area contributed by atoms with Crippen molar-refractivity contribution in [2.45, 2.75) is 20.3 Å². The van der Waals surface area contributed by atoms with Crippen molar-refractivity contribution in [1.29, 1.82) is 5.26 Å². The normalized spacial score (nSPS) is 10.1. The Morgan fingerprint density at radius 1 is 1.53 bits per heavy atom. The van der Waals surface area contributed by atoms with Crippen LogP contribution in [0.2, 0.25) is 0 Å². The molecule has 0 aliphatic carbocycles. The number of nitriles is 1. The zero-order chi connectivity index (χ0) is 13.0. The Morgan fingerprint density at radius 2 is 2.18 bits per heavy atom. The summed E-state index contributed by atoms with van der Waals surface area (Å²) in [6.07, 6.45) is -2.79. The van der Waals surface area contributed by atoms with Gasteiger partial charge in [-0.05, 0) is 26.0 Å². The summed E-state index contributed by atoms with van der Waals surface area (Å²) in [5, 5.41) is 8.95. The Morgan fingerprint density at radius 3 is 2.59 bits per heavy atom. The number of hydrogen-bond acceptors (Lipinski definition) is 3. The van der Waals surface area contributed by atoms with Crippen LogP contribution in [0.4, 0.5) is 8.78 Å². The number of Topliss-reactive ketones (excluding diaryl/α,β-unsaturated/α-hetero) is 1. The fourth-order valence-electron chi connectivity index (χ4n) is 1.55. The van der Waals surface area contributed by atoms with Gasteiger partial charge in [-0.15, -0.1) is 0 Å². The molecule has 3 nitrogen and oxygen atoms in total. The van der Waals surface area contributed by atoms with Crippen LogP contribution in [0.25, 0.3) is 0 Å². The minimum atomic E-state index is -2.79. The molecule has 0 N–H and O–H groups in total. The standard InChI is InChI=1S/C12H11F2NO2/c1-3-17-10-5-4-8(12(13)14)11(7(2)16)9(10)6-15/h4-5,12H,3H2,1-2H3. The van der Waals surface area contributed by atoms with Crippen molar-refractivity contribution >= 4 is 5.78 Å². The van der Waals surface area contributed by atoms with Crippen LogP contribution in [0.5, 0.6) is 5.75 Å². The lowest BCUT2D eigenvalue weighted by Crippen LogP contribution is -2.06. The summed E-state index contributed by atoms with van der Waals surface area (Å²) in [6.45, 7) is 3.15. The van der Waals surface area contributed by atoms with Crippen molar-refractivity contribution < 1.29 is 18.3 Å². The maximum Gasteiger partial charge on any atom is 0.264 e. The Bertz CT molecular complexity index is 478. The molecule has 0 spiro atoms. The summed E-state index contributed by atoms with van der Waals surface area (Å²) >= 11 is 0. The Balaban J connectivity index is 3.51. The van der Waals surface area contributed by atoms with Crippen LogP contribution in [0, 0.1) is 11.3 Å². The first kappa shape index (κ1) is 13.1. The Hall–Kier alpha value is -1.96. The number of hydrogen-bond donors (Lipinski definition) is 0. The van der Waals surface area contributed by atoms with E-state index in [0.717, 1.165) is 13.0 Å². The molecular weight excluding hydrogens is 228 g/mol. The molecule has 0 amide bonds. The maximum atomic E-state index is 12.7. The summed E-state index contributed by atoms with van der Waals surface area (Å²) < 4.78 is 30.6. The molecular formula is C12H11F2NO2. The number of rotatable bonds is 4. The van der Waals surface area contributed by atoms with Crippen molar-refractivity contribution in [3.63, 3.8) is 0 Å². The largest absolute Gasteiger partial charge is 0.492 e. The molecule has 1 rings (SSSR count). The van der Waals surface area contributed by atoms with Gasteiger partial charge in [0, 0.05) is 11.1 Å². The summed E-state index contributed by atoms with van der Waals surface area (Å²) in [6, 6.07) is 4.15. The van der Waals surface area contributed by atoms with Crippen molar-refractivity contribution in [2.24, 2.45) is 0 Å². The molecule has 0 unspecified atom stereocenters. The average molecular weight is 239 g/mol. The minimum absolute atomic E-state index is 0.128. The smallest absolute Gasteiger partial charge is 0.264 e. The first-order valence-corrected chi connectivity index (χ1v) is 5.01. The van der Waals surface area contributed by atoms with Crippen molar-refractivity contribution in [1.82, 2.24) is 0 Å². The second kappa shape index (κ2) is 5.39. The van der Waals surface area contributed by atoms with Crippen molar-refractivity contribution in [3.05, 3.63) is 28.8 Å². The van der Waals surface area contributed by atoms with E-state index in [2.05, 4.69) is 0 Å². The van der Waals surface area contributed by atoms with Crippen molar-refractivity contribution in [3.8, 4) is 11.8 Å².